The summed E-state index contributed by atoms with van der Waals surface area (Å²) in [5.74, 6) is -0.542. The Morgan fingerprint density at radius 2 is 2.00 bits per heavy atom. The van der Waals surface area contributed by atoms with Crippen LogP contribution in [-0.4, -0.2) is 27.7 Å². The predicted octanol–water partition coefficient (Wildman–Crippen LogP) is 1.68. The van der Waals surface area contributed by atoms with E-state index in [4.69, 9.17) is 5.73 Å². The van der Waals surface area contributed by atoms with Gasteiger partial charge in [-0.15, -0.1) is 0 Å². The molecular weight excluding hydrogens is 245 g/mol. The highest BCUT2D eigenvalue weighted by Crippen LogP contribution is 2.14. The number of rotatable bonds is 2. The summed E-state index contributed by atoms with van der Waals surface area (Å²) in [5.41, 5.74) is 8.62. The molecule has 0 aliphatic rings. The van der Waals surface area contributed by atoms with Gasteiger partial charge in [0.25, 0.3) is 0 Å². The summed E-state index contributed by atoms with van der Waals surface area (Å²) in [5, 5.41) is 0. The summed E-state index contributed by atoms with van der Waals surface area (Å²) in [6, 6.07) is 1.94. The number of aliphatic imine (C=N–C) groups is 1. The fourth-order valence-corrected chi connectivity index (χ4v) is 1.71. The van der Waals surface area contributed by atoms with Crippen molar-refractivity contribution in [3.8, 4) is 0 Å². The van der Waals surface area contributed by atoms with Gasteiger partial charge in [-0.05, 0) is 25.5 Å². The molecule has 0 spiro atoms. The first-order valence-electron chi connectivity index (χ1n) is 5.71. The van der Waals surface area contributed by atoms with Crippen molar-refractivity contribution < 1.29 is 4.39 Å². The second-order valence-electron chi connectivity index (χ2n) is 4.14. The minimum absolute atomic E-state index is 0.190. The monoisotopic (exact) mass is 259 g/mol. The van der Waals surface area contributed by atoms with E-state index in [0.717, 1.165) is 23.0 Å². The summed E-state index contributed by atoms with van der Waals surface area (Å²) in [7, 11) is 1.63. The zero-order valence-electron chi connectivity index (χ0n) is 11.0. The average Bonchev–Trinajstić information content (AvgIpc) is 2.38. The SMILES string of the molecule is C/N=C(/c1ncc(F)c(N)n1)c1cc(C)cnc1C. The Morgan fingerprint density at radius 1 is 1.26 bits per heavy atom. The highest BCUT2D eigenvalue weighted by Gasteiger charge is 2.14. The van der Waals surface area contributed by atoms with Gasteiger partial charge in [0.2, 0.25) is 0 Å². The molecular formula is C13H14FN5. The molecule has 2 N–H and O–H groups in total. The Bertz CT molecular complexity index is 651. The van der Waals surface area contributed by atoms with Crippen LogP contribution in [0.25, 0.3) is 0 Å². The second kappa shape index (κ2) is 5.09. The van der Waals surface area contributed by atoms with Crippen LogP contribution in [-0.2, 0) is 0 Å². The number of aromatic nitrogens is 3. The van der Waals surface area contributed by atoms with Gasteiger partial charge in [-0.3, -0.25) is 9.98 Å². The van der Waals surface area contributed by atoms with E-state index in [1.54, 1.807) is 13.2 Å². The highest BCUT2D eigenvalue weighted by molar-refractivity contribution is 6.11. The lowest BCUT2D eigenvalue weighted by molar-refractivity contribution is 0.619. The summed E-state index contributed by atoms with van der Waals surface area (Å²) in [6.07, 6.45) is 2.81. The molecule has 98 valence electrons. The second-order valence-corrected chi connectivity index (χ2v) is 4.14. The quantitative estimate of drug-likeness (QED) is 0.832. The molecule has 0 bridgehead atoms. The molecule has 0 atom stereocenters. The molecule has 0 unspecified atom stereocenters. The fourth-order valence-electron chi connectivity index (χ4n) is 1.71. The van der Waals surface area contributed by atoms with Crippen LogP contribution >= 0.6 is 0 Å². The van der Waals surface area contributed by atoms with E-state index >= 15 is 0 Å². The molecule has 0 aliphatic carbocycles. The molecule has 0 amide bonds. The van der Waals surface area contributed by atoms with Gasteiger partial charge in [0.15, 0.2) is 17.5 Å². The van der Waals surface area contributed by atoms with Crippen LogP contribution in [0, 0.1) is 19.7 Å². The van der Waals surface area contributed by atoms with Crippen molar-refractivity contribution in [2.45, 2.75) is 13.8 Å². The third-order valence-electron chi connectivity index (χ3n) is 2.69. The Labute approximate surface area is 110 Å². The average molecular weight is 259 g/mol. The molecule has 2 rings (SSSR count). The number of nitrogen functional groups attached to an aromatic ring is 1. The molecule has 2 heterocycles. The Balaban J connectivity index is 2.57. The third-order valence-corrected chi connectivity index (χ3v) is 2.69. The van der Waals surface area contributed by atoms with Crippen LogP contribution in [0.4, 0.5) is 10.2 Å². The summed E-state index contributed by atoms with van der Waals surface area (Å²) in [6.45, 7) is 3.80. The minimum Gasteiger partial charge on any atom is -0.381 e. The van der Waals surface area contributed by atoms with Crippen LogP contribution in [0.1, 0.15) is 22.6 Å². The van der Waals surface area contributed by atoms with E-state index in [1.807, 2.05) is 19.9 Å². The number of pyridine rings is 1. The molecule has 2 aromatic heterocycles. The highest BCUT2D eigenvalue weighted by atomic mass is 19.1. The first-order valence-corrected chi connectivity index (χ1v) is 5.71. The first-order chi connectivity index (χ1) is 9.02. The largest absolute Gasteiger partial charge is 0.381 e. The Hall–Kier alpha value is -2.37. The number of hydrogen-bond acceptors (Lipinski definition) is 5. The molecule has 5 nitrogen and oxygen atoms in total. The van der Waals surface area contributed by atoms with E-state index in [9.17, 15) is 4.39 Å². The molecule has 19 heavy (non-hydrogen) atoms. The normalized spacial score (nSPS) is 11.7. The first kappa shape index (κ1) is 13.1. The maximum absolute atomic E-state index is 13.1. The number of nitrogens with zero attached hydrogens (tertiary/aromatic N) is 4. The molecule has 0 aromatic carbocycles. The fraction of sp³-hybridized carbons (Fsp3) is 0.231. The van der Waals surface area contributed by atoms with Gasteiger partial charge in [-0.1, -0.05) is 0 Å². The topological polar surface area (TPSA) is 77.0 Å². The lowest BCUT2D eigenvalue weighted by Crippen LogP contribution is -2.13. The van der Waals surface area contributed by atoms with Gasteiger partial charge in [-0.2, -0.15) is 0 Å². The van der Waals surface area contributed by atoms with E-state index in [0.29, 0.717) is 5.71 Å². The van der Waals surface area contributed by atoms with Gasteiger partial charge >= 0.3 is 0 Å². The smallest absolute Gasteiger partial charge is 0.183 e. The molecule has 0 radical (unpaired) electrons. The molecule has 0 saturated carbocycles. The zero-order valence-corrected chi connectivity index (χ0v) is 11.0. The number of anilines is 1. The van der Waals surface area contributed by atoms with Crippen LogP contribution in [0.2, 0.25) is 0 Å². The maximum atomic E-state index is 13.1. The van der Waals surface area contributed by atoms with Crippen LogP contribution in [0.3, 0.4) is 0 Å². The van der Waals surface area contributed by atoms with Crippen LogP contribution < -0.4 is 5.73 Å². The van der Waals surface area contributed by atoms with Crippen molar-refractivity contribution in [1.29, 1.82) is 0 Å². The lowest BCUT2D eigenvalue weighted by Gasteiger charge is -2.09. The summed E-state index contributed by atoms with van der Waals surface area (Å²) < 4.78 is 13.1. The molecule has 6 heteroatoms. The number of hydrogen-bond donors (Lipinski definition) is 1. The summed E-state index contributed by atoms with van der Waals surface area (Å²) in [4.78, 5) is 16.3. The van der Waals surface area contributed by atoms with Gasteiger partial charge in [-0.25, -0.2) is 14.4 Å². The molecule has 0 fully saturated rings. The lowest BCUT2D eigenvalue weighted by atomic mass is 10.1. The van der Waals surface area contributed by atoms with Crippen LogP contribution in [0.15, 0.2) is 23.5 Å². The van der Waals surface area contributed by atoms with Crippen molar-refractivity contribution in [1.82, 2.24) is 15.0 Å². The standard InChI is InChI=1S/C13H14FN5/c1-7-4-9(8(2)17-5-7)11(16-3)13-18-6-10(14)12(15)19-13/h4-6H,1-3H3,(H2,15,18,19)/b16-11+. The zero-order chi connectivity index (χ0) is 14.0. The molecule has 2 aromatic rings. The van der Waals surface area contributed by atoms with Gasteiger partial charge in [0.1, 0.15) is 5.71 Å². The number of halogens is 1. The van der Waals surface area contributed by atoms with Crippen molar-refractivity contribution in [2.75, 3.05) is 12.8 Å². The summed E-state index contributed by atoms with van der Waals surface area (Å²) >= 11 is 0. The van der Waals surface area contributed by atoms with Crippen molar-refractivity contribution >= 4 is 11.5 Å². The van der Waals surface area contributed by atoms with Crippen molar-refractivity contribution in [3.63, 3.8) is 0 Å². The number of nitrogens with two attached hydrogens (primary N) is 1. The maximum Gasteiger partial charge on any atom is 0.183 e. The van der Waals surface area contributed by atoms with E-state index in [1.165, 1.54) is 0 Å². The molecule has 0 aliphatic heterocycles. The Morgan fingerprint density at radius 3 is 2.63 bits per heavy atom. The van der Waals surface area contributed by atoms with E-state index < -0.39 is 5.82 Å². The van der Waals surface area contributed by atoms with E-state index in [-0.39, 0.29) is 11.6 Å². The van der Waals surface area contributed by atoms with Crippen molar-refractivity contribution in [2.24, 2.45) is 4.99 Å². The van der Waals surface area contributed by atoms with Gasteiger partial charge in [0.05, 0.1) is 6.20 Å². The van der Waals surface area contributed by atoms with Gasteiger partial charge in [0, 0.05) is 24.5 Å². The van der Waals surface area contributed by atoms with E-state index in [2.05, 4.69) is 19.9 Å². The van der Waals surface area contributed by atoms with Gasteiger partial charge < -0.3 is 5.73 Å². The molecule has 0 saturated heterocycles. The Kier molecular flexibility index (Phi) is 3.50. The predicted molar refractivity (Wildman–Crippen MR) is 71.7 cm³/mol. The number of aryl methyl sites for hydroxylation is 2. The third kappa shape index (κ3) is 2.57. The van der Waals surface area contributed by atoms with Crippen molar-refractivity contribution in [3.05, 3.63) is 46.9 Å². The van der Waals surface area contributed by atoms with Crippen LogP contribution in [0.5, 0.6) is 0 Å². The minimum atomic E-state index is -0.640.